The molecule has 0 aliphatic rings. The van der Waals surface area contributed by atoms with Gasteiger partial charge in [-0.1, -0.05) is 0 Å². The smallest absolute Gasteiger partial charge is 0.0701 e. The van der Waals surface area contributed by atoms with Crippen LogP contribution in [-0.2, 0) is 14.2 Å². The van der Waals surface area contributed by atoms with E-state index in [0.29, 0.717) is 33.0 Å². The van der Waals surface area contributed by atoms with Crippen molar-refractivity contribution in [2.24, 2.45) is 0 Å². The number of likely N-dealkylation sites (N-methyl/N-ethyl adjacent to an activating group) is 1. The molecule has 0 bridgehead atoms. The van der Waals surface area contributed by atoms with Crippen molar-refractivity contribution in [2.45, 2.75) is 13.8 Å². The molecule has 0 aromatic heterocycles. The molecule has 5 nitrogen and oxygen atoms in total. The molecule has 5 heteroatoms. The van der Waals surface area contributed by atoms with Crippen molar-refractivity contribution in [3.8, 4) is 0 Å². The van der Waals surface area contributed by atoms with Gasteiger partial charge in [0.05, 0.1) is 33.0 Å². The van der Waals surface area contributed by atoms with Crippen LogP contribution in [0, 0.1) is 6.92 Å². The lowest BCUT2D eigenvalue weighted by atomic mass is 10.1. The highest BCUT2D eigenvalue weighted by Gasteiger charge is 2.05. The number of nitrogen functional groups attached to an aromatic ring is 1. The summed E-state index contributed by atoms with van der Waals surface area (Å²) >= 11 is 0. The van der Waals surface area contributed by atoms with Gasteiger partial charge in [0.25, 0.3) is 0 Å². The predicted octanol–water partition coefficient (Wildman–Crippen LogP) is 2.08. The molecule has 0 heterocycles. The molecule has 120 valence electrons. The van der Waals surface area contributed by atoms with Crippen molar-refractivity contribution in [3.63, 3.8) is 0 Å². The molecule has 0 aliphatic carbocycles. The summed E-state index contributed by atoms with van der Waals surface area (Å²) in [6.45, 7) is 9.12. The van der Waals surface area contributed by atoms with Crippen LogP contribution in [-0.4, -0.2) is 53.2 Å². The summed E-state index contributed by atoms with van der Waals surface area (Å²) in [5, 5.41) is 0. The molecular weight excluding hydrogens is 268 g/mol. The molecule has 1 aromatic carbocycles. The van der Waals surface area contributed by atoms with Gasteiger partial charge in [0.2, 0.25) is 0 Å². The quantitative estimate of drug-likeness (QED) is 0.500. The van der Waals surface area contributed by atoms with Crippen molar-refractivity contribution >= 4 is 11.4 Å². The maximum atomic E-state index is 5.85. The van der Waals surface area contributed by atoms with Crippen molar-refractivity contribution < 1.29 is 14.2 Å². The summed E-state index contributed by atoms with van der Waals surface area (Å²) in [5.74, 6) is 0. The Labute approximate surface area is 128 Å². The molecule has 2 N–H and O–H groups in total. The van der Waals surface area contributed by atoms with E-state index < -0.39 is 0 Å². The van der Waals surface area contributed by atoms with Gasteiger partial charge < -0.3 is 24.8 Å². The second-order valence-electron chi connectivity index (χ2n) is 4.84. The Morgan fingerprint density at radius 2 is 1.71 bits per heavy atom. The van der Waals surface area contributed by atoms with Gasteiger partial charge in [0.1, 0.15) is 0 Å². The molecular formula is C16H28N2O3. The van der Waals surface area contributed by atoms with E-state index >= 15 is 0 Å². The van der Waals surface area contributed by atoms with E-state index in [4.69, 9.17) is 19.9 Å². The van der Waals surface area contributed by atoms with Gasteiger partial charge >= 0.3 is 0 Å². The van der Waals surface area contributed by atoms with Crippen molar-refractivity contribution in [3.05, 3.63) is 23.8 Å². The zero-order valence-electron chi connectivity index (χ0n) is 13.4. The fourth-order valence-electron chi connectivity index (χ4n) is 1.97. The van der Waals surface area contributed by atoms with Crippen LogP contribution in [0.3, 0.4) is 0 Å². The van der Waals surface area contributed by atoms with E-state index in [2.05, 4.69) is 24.0 Å². The standard InChI is InChI=1S/C16H28N2O3/c1-4-18(15-5-6-16(17)14(2)13-15)7-8-20-11-12-21-10-9-19-3/h5-6,13H,4,7-12,17H2,1-3H3. The SMILES string of the molecule is CCN(CCOCCOCCOC)c1ccc(N)c(C)c1. The summed E-state index contributed by atoms with van der Waals surface area (Å²) in [7, 11) is 1.66. The zero-order chi connectivity index (χ0) is 15.5. The van der Waals surface area contributed by atoms with Crippen LogP contribution < -0.4 is 10.6 Å². The molecule has 0 fully saturated rings. The van der Waals surface area contributed by atoms with Gasteiger partial charge in [-0.15, -0.1) is 0 Å². The minimum Gasteiger partial charge on any atom is -0.399 e. The Morgan fingerprint density at radius 3 is 2.33 bits per heavy atom. The Hall–Kier alpha value is -1.30. The minimum absolute atomic E-state index is 0.608. The molecule has 0 saturated carbocycles. The van der Waals surface area contributed by atoms with Gasteiger partial charge in [0, 0.05) is 31.6 Å². The molecule has 0 radical (unpaired) electrons. The monoisotopic (exact) mass is 296 g/mol. The predicted molar refractivity (Wildman–Crippen MR) is 87.0 cm³/mol. The molecule has 0 unspecified atom stereocenters. The van der Waals surface area contributed by atoms with Crippen LogP contribution in [0.2, 0.25) is 0 Å². The normalized spacial score (nSPS) is 10.8. The first-order chi connectivity index (χ1) is 10.2. The lowest BCUT2D eigenvalue weighted by molar-refractivity contribution is 0.0265. The fourth-order valence-corrected chi connectivity index (χ4v) is 1.97. The summed E-state index contributed by atoms with van der Waals surface area (Å²) in [6, 6.07) is 6.13. The minimum atomic E-state index is 0.608. The lowest BCUT2D eigenvalue weighted by Crippen LogP contribution is -2.27. The Bertz CT molecular complexity index is 399. The van der Waals surface area contributed by atoms with E-state index in [9.17, 15) is 0 Å². The topological polar surface area (TPSA) is 57.0 Å². The fraction of sp³-hybridized carbons (Fsp3) is 0.625. The van der Waals surface area contributed by atoms with E-state index in [0.717, 1.165) is 24.3 Å². The Balaban J connectivity index is 2.23. The Morgan fingerprint density at radius 1 is 1.05 bits per heavy atom. The van der Waals surface area contributed by atoms with Crippen LogP contribution in [0.5, 0.6) is 0 Å². The van der Waals surface area contributed by atoms with Crippen LogP contribution in [0.1, 0.15) is 12.5 Å². The van der Waals surface area contributed by atoms with Crippen LogP contribution in [0.25, 0.3) is 0 Å². The molecule has 0 spiro atoms. The van der Waals surface area contributed by atoms with E-state index in [1.165, 1.54) is 5.69 Å². The van der Waals surface area contributed by atoms with Gasteiger partial charge in [-0.25, -0.2) is 0 Å². The number of aryl methyl sites for hydroxylation is 1. The second kappa shape index (κ2) is 10.4. The number of hydrogen-bond acceptors (Lipinski definition) is 5. The van der Waals surface area contributed by atoms with Gasteiger partial charge in [0.15, 0.2) is 0 Å². The van der Waals surface area contributed by atoms with Gasteiger partial charge in [-0.3, -0.25) is 0 Å². The van der Waals surface area contributed by atoms with E-state index in [1.807, 2.05) is 13.0 Å². The Kier molecular flexibility index (Phi) is 8.82. The number of nitrogens with zero attached hydrogens (tertiary/aromatic N) is 1. The number of benzene rings is 1. The molecule has 0 saturated heterocycles. The highest BCUT2D eigenvalue weighted by molar-refractivity contribution is 5.57. The number of nitrogens with two attached hydrogens (primary N) is 1. The third-order valence-electron chi connectivity index (χ3n) is 3.31. The summed E-state index contributed by atoms with van der Waals surface area (Å²) in [6.07, 6.45) is 0. The largest absolute Gasteiger partial charge is 0.399 e. The number of anilines is 2. The van der Waals surface area contributed by atoms with Crippen molar-refractivity contribution in [2.75, 3.05) is 63.9 Å². The molecule has 1 aromatic rings. The van der Waals surface area contributed by atoms with E-state index in [1.54, 1.807) is 7.11 Å². The zero-order valence-corrected chi connectivity index (χ0v) is 13.4. The third kappa shape index (κ3) is 6.80. The third-order valence-corrected chi connectivity index (χ3v) is 3.31. The van der Waals surface area contributed by atoms with Crippen molar-refractivity contribution in [1.82, 2.24) is 0 Å². The maximum Gasteiger partial charge on any atom is 0.0701 e. The molecule has 0 aliphatic heterocycles. The lowest BCUT2D eigenvalue weighted by Gasteiger charge is -2.23. The van der Waals surface area contributed by atoms with Crippen LogP contribution >= 0.6 is 0 Å². The first-order valence-electron chi connectivity index (χ1n) is 7.44. The highest BCUT2D eigenvalue weighted by atomic mass is 16.5. The first-order valence-corrected chi connectivity index (χ1v) is 7.44. The second-order valence-corrected chi connectivity index (χ2v) is 4.84. The van der Waals surface area contributed by atoms with Crippen LogP contribution in [0.15, 0.2) is 18.2 Å². The average molecular weight is 296 g/mol. The number of hydrogen-bond donors (Lipinski definition) is 1. The van der Waals surface area contributed by atoms with Gasteiger partial charge in [-0.2, -0.15) is 0 Å². The first kappa shape index (κ1) is 17.8. The summed E-state index contributed by atoms with van der Waals surface area (Å²) in [5.41, 5.74) is 8.98. The average Bonchev–Trinajstić information content (AvgIpc) is 2.49. The van der Waals surface area contributed by atoms with Crippen molar-refractivity contribution in [1.29, 1.82) is 0 Å². The number of ether oxygens (including phenoxy) is 3. The van der Waals surface area contributed by atoms with Gasteiger partial charge in [-0.05, 0) is 37.6 Å². The molecule has 0 amide bonds. The summed E-state index contributed by atoms with van der Waals surface area (Å²) in [4.78, 5) is 2.28. The molecule has 21 heavy (non-hydrogen) atoms. The number of rotatable bonds is 11. The highest BCUT2D eigenvalue weighted by Crippen LogP contribution is 2.20. The van der Waals surface area contributed by atoms with E-state index in [-0.39, 0.29) is 0 Å². The molecule has 1 rings (SSSR count). The summed E-state index contributed by atoms with van der Waals surface area (Å²) < 4.78 is 15.8. The van der Waals surface area contributed by atoms with Crippen LogP contribution in [0.4, 0.5) is 11.4 Å². The molecule has 0 atom stereocenters. The number of methoxy groups -OCH3 is 1. The maximum absolute atomic E-state index is 5.85.